The molecule has 0 saturated heterocycles. The highest BCUT2D eigenvalue weighted by atomic mass is 35.5. The molecule has 1 saturated carbocycles. The lowest BCUT2D eigenvalue weighted by Gasteiger charge is -2.34. The number of aliphatic hydroxyl groups excluding tert-OH is 1. The van der Waals surface area contributed by atoms with Gasteiger partial charge in [-0.25, -0.2) is 9.97 Å². The van der Waals surface area contributed by atoms with Crippen LogP contribution in [0.15, 0.2) is 12.4 Å². The van der Waals surface area contributed by atoms with Crippen molar-refractivity contribution < 1.29 is 14.6 Å². The summed E-state index contributed by atoms with van der Waals surface area (Å²) in [6, 6.07) is 0. The second kappa shape index (κ2) is 7.18. The van der Waals surface area contributed by atoms with Crippen LogP contribution >= 0.6 is 11.6 Å². The molecule has 4 atom stereocenters. The molecule has 1 aliphatic rings. The lowest BCUT2D eigenvalue weighted by atomic mass is 9.73. The summed E-state index contributed by atoms with van der Waals surface area (Å²) in [6.45, 7) is 4.26. The van der Waals surface area contributed by atoms with Crippen LogP contribution in [0.1, 0.15) is 45.0 Å². The largest absolute Gasteiger partial charge is 0.466 e. The van der Waals surface area contributed by atoms with Gasteiger partial charge in [-0.1, -0.05) is 18.5 Å². The maximum absolute atomic E-state index is 11.9. The topological polar surface area (TPSA) is 72.3 Å². The highest BCUT2D eigenvalue weighted by Crippen LogP contribution is 2.39. The quantitative estimate of drug-likeness (QED) is 0.865. The van der Waals surface area contributed by atoms with E-state index in [2.05, 4.69) is 9.97 Å². The number of hydrogen-bond donors (Lipinski definition) is 1. The lowest BCUT2D eigenvalue weighted by molar-refractivity contribution is -0.152. The van der Waals surface area contributed by atoms with E-state index in [1.165, 1.54) is 12.4 Å². The molecular weight excluding hydrogens is 292 g/mol. The van der Waals surface area contributed by atoms with Crippen LogP contribution in [-0.4, -0.2) is 27.7 Å². The Morgan fingerprint density at radius 3 is 2.71 bits per heavy atom. The first kappa shape index (κ1) is 16.2. The van der Waals surface area contributed by atoms with Gasteiger partial charge in [0.2, 0.25) is 0 Å². The molecule has 5 nitrogen and oxygen atoms in total. The first-order chi connectivity index (χ1) is 10.0. The van der Waals surface area contributed by atoms with Crippen LogP contribution in [0, 0.1) is 17.8 Å². The normalized spacial score (nSPS) is 27.1. The summed E-state index contributed by atoms with van der Waals surface area (Å²) >= 11 is 5.75. The zero-order chi connectivity index (χ0) is 15.4. The molecule has 0 spiro atoms. The zero-order valence-corrected chi connectivity index (χ0v) is 13.1. The van der Waals surface area contributed by atoms with Crippen molar-refractivity contribution in [3.05, 3.63) is 23.2 Å². The number of carbonyl (C=O) groups is 1. The van der Waals surface area contributed by atoms with Crippen LogP contribution in [-0.2, 0) is 9.53 Å². The van der Waals surface area contributed by atoms with Crippen molar-refractivity contribution >= 4 is 17.6 Å². The molecule has 116 valence electrons. The molecule has 0 aliphatic heterocycles. The van der Waals surface area contributed by atoms with Gasteiger partial charge in [0.05, 0.1) is 17.5 Å². The third-order valence-corrected chi connectivity index (χ3v) is 4.35. The number of aliphatic hydroxyl groups is 1. The Bertz CT molecular complexity index is 480. The predicted octanol–water partition coefficient (Wildman–Crippen LogP) is 2.78. The third-order valence-electron chi connectivity index (χ3n) is 4.15. The molecule has 2 rings (SSSR count). The maximum atomic E-state index is 11.9. The van der Waals surface area contributed by atoms with Crippen LogP contribution in [0.5, 0.6) is 0 Å². The monoisotopic (exact) mass is 312 g/mol. The third kappa shape index (κ3) is 3.92. The molecule has 21 heavy (non-hydrogen) atoms. The fraction of sp³-hybridized carbons (Fsp3) is 0.667. The summed E-state index contributed by atoms with van der Waals surface area (Å²) in [4.78, 5) is 20.0. The Morgan fingerprint density at radius 2 is 2.14 bits per heavy atom. The Kier molecular flexibility index (Phi) is 5.53. The van der Waals surface area contributed by atoms with E-state index < -0.39 is 6.10 Å². The Labute approximate surface area is 129 Å². The van der Waals surface area contributed by atoms with Gasteiger partial charge in [0.1, 0.15) is 6.10 Å². The van der Waals surface area contributed by atoms with Gasteiger partial charge in [0.15, 0.2) is 5.82 Å². The van der Waals surface area contributed by atoms with Crippen LogP contribution < -0.4 is 0 Å². The Balaban J connectivity index is 1.98. The number of aromatic nitrogens is 2. The molecule has 1 aromatic heterocycles. The summed E-state index contributed by atoms with van der Waals surface area (Å²) in [5.74, 6) is 0.447. The Hall–Kier alpha value is -1.20. The minimum Gasteiger partial charge on any atom is -0.466 e. The average Bonchev–Trinajstić information content (AvgIpc) is 2.47. The fourth-order valence-electron chi connectivity index (χ4n) is 3.01. The molecule has 0 amide bonds. The van der Waals surface area contributed by atoms with Crippen molar-refractivity contribution in [1.29, 1.82) is 0 Å². The van der Waals surface area contributed by atoms with Crippen molar-refractivity contribution in [3.8, 4) is 0 Å². The van der Waals surface area contributed by atoms with Crippen molar-refractivity contribution in [3.63, 3.8) is 0 Å². The molecule has 0 aromatic carbocycles. The number of nitrogens with zero attached hydrogens (tertiary/aromatic N) is 2. The van der Waals surface area contributed by atoms with Crippen LogP contribution in [0.25, 0.3) is 0 Å². The first-order valence-corrected chi connectivity index (χ1v) is 7.72. The van der Waals surface area contributed by atoms with Gasteiger partial charge in [-0.2, -0.15) is 0 Å². The number of halogens is 1. The molecule has 1 fully saturated rings. The second-order valence-corrected chi connectivity index (χ2v) is 6.05. The highest BCUT2D eigenvalue weighted by molar-refractivity contribution is 6.30. The molecule has 0 radical (unpaired) electrons. The average molecular weight is 313 g/mol. The Morgan fingerprint density at radius 1 is 1.48 bits per heavy atom. The zero-order valence-electron chi connectivity index (χ0n) is 12.3. The smallest absolute Gasteiger partial charge is 0.309 e. The maximum Gasteiger partial charge on any atom is 0.309 e. The number of ether oxygens (including phenoxy) is 1. The molecule has 6 heteroatoms. The van der Waals surface area contributed by atoms with E-state index in [1.54, 1.807) is 0 Å². The van der Waals surface area contributed by atoms with E-state index in [9.17, 15) is 9.90 Å². The van der Waals surface area contributed by atoms with E-state index in [0.29, 0.717) is 17.5 Å². The van der Waals surface area contributed by atoms with Crippen LogP contribution in [0.3, 0.4) is 0 Å². The molecule has 2 unspecified atom stereocenters. The van der Waals surface area contributed by atoms with E-state index in [4.69, 9.17) is 16.3 Å². The van der Waals surface area contributed by atoms with E-state index >= 15 is 0 Å². The molecule has 1 aromatic rings. The SMILES string of the molecule is CCOC(=O)[C@@H]1CCC(C(O)c2ncc(Cl)cn2)C[C@@H]1C. The van der Waals surface area contributed by atoms with E-state index in [0.717, 1.165) is 19.3 Å². The van der Waals surface area contributed by atoms with E-state index in [1.807, 2.05) is 13.8 Å². The second-order valence-electron chi connectivity index (χ2n) is 5.61. The summed E-state index contributed by atoms with van der Waals surface area (Å²) in [5, 5.41) is 10.8. The number of hydrogen-bond acceptors (Lipinski definition) is 5. The van der Waals surface area contributed by atoms with Crippen LogP contribution in [0.4, 0.5) is 0 Å². The lowest BCUT2D eigenvalue weighted by Crippen LogP contribution is -2.32. The molecular formula is C15H21ClN2O3. The summed E-state index contributed by atoms with van der Waals surface area (Å²) in [5.41, 5.74) is 0. The fourth-order valence-corrected chi connectivity index (χ4v) is 3.11. The number of rotatable bonds is 4. The minimum absolute atomic E-state index is 0.0619. The molecule has 1 aliphatic carbocycles. The number of carbonyl (C=O) groups excluding carboxylic acids is 1. The van der Waals surface area contributed by atoms with Gasteiger partial charge < -0.3 is 9.84 Å². The predicted molar refractivity (Wildman–Crippen MR) is 78.6 cm³/mol. The summed E-state index contributed by atoms with van der Waals surface area (Å²) < 4.78 is 5.10. The minimum atomic E-state index is -0.715. The van der Waals surface area contributed by atoms with Crippen molar-refractivity contribution in [1.82, 2.24) is 9.97 Å². The van der Waals surface area contributed by atoms with Gasteiger partial charge in [-0.3, -0.25) is 4.79 Å². The van der Waals surface area contributed by atoms with Crippen molar-refractivity contribution in [2.75, 3.05) is 6.61 Å². The summed E-state index contributed by atoms with van der Waals surface area (Å²) in [6.07, 6.45) is 4.52. The first-order valence-electron chi connectivity index (χ1n) is 7.35. The van der Waals surface area contributed by atoms with Gasteiger partial charge >= 0.3 is 5.97 Å². The molecule has 1 heterocycles. The van der Waals surface area contributed by atoms with Gasteiger partial charge in [-0.05, 0) is 38.0 Å². The van der Waals surface area contributed by atoms with Gasteiger partial charge in [0.25, 0.3) is 0 Å². The number of esters is 1. The van der Waals surface area contributed by atoms with Gasteiger partial charge in [0, 0.05) is 12.4 Å². The standard InChI is InChI=1S/C15H21ClN2O3/c1-3-21-15(20)12-5-4-10(6-9(12)2)13(19)14-17-7-11(16)8-18-14/h7-10,12-13,19H,3-6H2,1-2H3/t9-,10?,12+,13?/m0/s1. The molecule has 0 bridgehead atoms. The van der Waals surface area contributed by atoms with E-state index in [-0.39, 0.29) is 23.7 Å². The summed E-state index contributed by atoms with van der Waals surface area (Å²) in [7, 11) is 0. The van der Waals surface area contributed by atoms with Crippen molar-refractivity contribution in [2.45, 2.75) is 39.2 Å². The van der Waals surface area contributed by atoms with Crippen molar-refractivity contribution in [2.24, 2.45) is 17.8 Å². The van der Waals surface area contributed by atoms with Gasteiger partial charge in [-0.15, -0.1) is 0 Å². The highest BCUT2D eigenvalue weighted by Gasteiger charge is 2.36. The van der Waals surface area contributed by atoms with Crippen LogP contribution in [0.2, 0.25) is 5.02 Å². The molecule has 1 N–H and O–H groups in total.